The summed E-state index contributed by atoms with van der Waals surface area (Å²) in [5.41, 5.74) is 2.40. The van der Waals surface area contributed by atoms with Crippen LogP contribution < -0.4 is 0 Å². The predicted octanol–water partition coefficient (Wildman–Crippen LogP) is 4.05. The van der Waals surface area contributed by atoms with Crippen molar-refractivity contribution in [2.75, 3.05) is 0 Å². The molecule has 0 bridgehead atoms. The van der Waals surface area contributed by atoms with E-state index in [1.54, 1.807) is 0 Å². The van der Waals surface area contributed by atoms with Gasteiger partial charge in [-0.1, -0.05) is 25.8 Å². The molecular formula is C18H27NO. The molecule has 2 nitrogen and oxygen atoms in total. The first-order chi connectivity index (χ1) is 9.63. The zero-order valence-electron chi connectivity index (χ0n) is 12.7. The molecule has 2 aliphatic carbocycles. The number of aromatic nitrogens is 1. The van der Waals surface area contributed by atoms with E-state index in [-0.39, 0.29) is 0 Å². The van der Waals surface area contributed by atoms with Crippen LogP contribution in [0.1, 0.15) is 69.5 Å². The maximum Gasteiger partial charge on any atom is 0.0703 e. The van der Waals surface area contributed by atoms with Gasteiger partial charge in [0.2, 0.25) is 0 Å². The van der Waals surface area contributed by atoms with Gasteiger partial charge in [0.25, 0.3) is 0 Å². The molecule has 0 atom stereocenters. The molecule has 2 saturated carbocycles. The van der Waals surface area contributed by atoms with Crippen LogP contribution in [0.4, 0.5) is 0 Å². The van der Waals surface area contributed by atoms with Crippen molar-refractivity contribution in [1.82, 2.24) is 4.98 Å². The Hall–Kier alpha value is -0.890. The monoisotopic (exact) mass is 273 g/mol. The summed E-state index contributed by atoms with van der Waals surface area (Å²) in [7, 11) is 0. The highest BCUT2D eigenvalue weighted by Crippen LogP contribution is 2.51. The van der Waals surface area contributed by atoms with Crippen LogP contribution in [-0.4, -0.2) is 15.7 Å². The lowest BCUT2D eigenvalue weighted by Crippen LogP contribution is -2.40. The molecule has 0 aromatic carbocycles. The zero-order valence-corrected chi connectivity index (χ0v) is 12.7. The van der Waals surface area contributed by atoms with Gasteiger partial charge in [-0.15, -0.1) is 0 Å². The Labute approximate surface area is 122 Å². The van der Waals surface area contributed by atoms with Crippen LogP contribution >= 0.6 is 0 Å². The van der Waals surface area contributed by atoms with Crippen LogP contribution in [0.5, 0.6) is 0 Å². The second-order valence-electron chi connectivity index (χ2n) is 7.12. The average molecular weight is 273 g/mol. The van der Waals surface area contributed by atoms with Crippen molar-refractivity contribution in [3.05, 3.63) is 29.6 Å². The first-order valence-corrected chi connectivity index (χ1v) is 8.29. The third kappa shape index (κ3) is 2.90. The maximum atomic E-state index is 10.9. The molecule has 2 aliphatic rings. The van der Waals surface area contributed by atoms with Crippen LogP contribution in [0.3, 0.4) is 0 Å². The lowest BCUT2D eigenvalue weighted by molar-refractivity contribution is -0.0328. The molecule has 110 valence electrons. The molecule has 0 aliphatic heterocycles. The van der Waals surface area contributed by atoms with E-state index in [0.29, 0.717) is 5.41 Å². The number of pyridine rings is 1. The Morgan fingerprint density at radius 3 is 2.30 bits per heavy atom. The van der Waals surface area contributed by atoms with E-state index in [1.807, 2.05) is 6.20 Å². The summed E-state index contributed by atoms with van der Waals surface area (Å²) in [6.45, 7) is 2.15. The number of hydrogen-bond acceptors (Lipinski definition) is 2. The number of rotatable bonds is 3. The highest BCUT2D eigenvalue weighted by atomic mass is 16.3. The Morgan fingerprint density at radius 2 is 1.75 bits per heavy atom. The minimum atomic E-state index is -0.505. The lowest BCUT2D eigenvalue weighted by Gasteiger charge is -2.42. The Bertz CT molecular complexity index is 435. The fraction of sp³-hybridized carbons (Fsp3) is 0.722. The molecule has 0 saturated heterocycles. The topological polar surface area (TPSA) is 33.1 Å². The molecule has 2 heteroatoms. The summed E-state index contributed by atoms with van der Waals surface area (Å²) in [5.74, 6) is 0. The van der Waals surface area contributed by atoms with Crippen molar-refractivity contribution in [3.63, 3.8) is 0 Å². The normalized spacial score (nSPS) is 24.1. The fourth-order valence-electron chi connectivity index (χ4n) is 4.15. The molecule has 1 aromatic rings. The van der Waals surface area contributed by atoms with Crippen LogP contribution in [0.25, 0.3) is 0 Å². The summed E-state index contributed by atoms with van der Waals surface area (Å²) >= 11 is 0. The smallest absolute Gasteiger partial charge is 0.0703 e. The minimum absolute atomic E-state index is 0.505. The van der Waals surface area contributed by atoms with E-state index in [2.05, 4.69) is 24.0 Å². The van der Waals surface area contributed by atoms with E-state index < -0.39 is 5.60 Å². The highest BCUT2D eigenvalue weighted by Gasteiger charge is 2.43. The summed E-state index contributed by atoms with van der Waals surface area (Å²) in [5, 5.41) is 10.9. The molecule has 0 amide bonds. The van der Waals surface area contributed by atoms with Crippen LogP contribution in [0.15, 0.2) is 18.3 Å². The summed E-state index contributed by atoms with van der Waals surface area (Å²) in [6, 6.07) is 4.24. The van der Waals surface area contributed by atoms with E-state index in [9.17, 15) is 5.11 Å². The predicted molar refractivity (Wildman–Crippen MR) is 81.6 cm³/mol. The highest BCUT2D eigenvalue weighted by molar-refractivity contribution is 5.16. The lowest BCUT2D eigenvalue weighted by atomic mass is 9.66. The quantitative estimate of drug-likeness (QED) is 0.901. The summed E-state index contributed by atoms with van der Waals surface area (Å²) in [4.78, 5) is 4.52. The van der Waals surface area contributed by atoms with Crippen LogP contribution in [0, 0.1) is 5.41 Å². The molecule has 3 rings (SSSR count). The van der Waals surface area contributed by atoms with Gasteiger partial charge < -0.3 is 5.11 Å². The summed E-state index contributed by atoms with van der Waals surface area (Å²) < 4.78 is 0. The standard InChI is InChI=1S/C18H27NO/c1-2-15-5-6-16(19-14-15)13-18(20)11-9-17(10-12-18)7-3-4-8-17/h5-6,14,20H,2-4,7-13H2,1H3. The van der Waals surface area contributed by atoms with Gasteiger partial charge in [0.1, 0.15) is 0 Å². The van der Waals surface area contributed by atoms with Crippen LogP contribution in [-0.2, 0) is 12.8 Å². The van der Waals surface area contributed by atoms with Crippen LogP contribution in [0.2, 0.25) is 0 Å². The third-order valence-corrected chi connectivity index (χ3v) is 5.71. The maximum absolute atomic E-state index is 10.9. The van der Waals surface area contributed by atoms with E-state index in [1.165, 1.54) is 44.1 Å². The summed E-state index contributed by atoms with van der Waals surface area (Å²) in [6.07, 6.45) is 13.7. The van der Waals surface area contributed by atoms with Gasteiger partial charge in [0, 0.05) is 18.3 Å². The van der Waals surface area contributed by atoms with Crippen molar-refractivity contribution in [1.29, 1.82) is 0 Å². The second-order valence-corrected chi connectivity index (χ2v) is 7.12. The number of hydrogen-bond donors (Lipinski definition) is 1. The Kier molecular flexibility index (Phi) is 3.85. The number of nitrogens with zero attached hydrogens (tertiary/aromatic N) is 1. The largest absolute Gasteiger partial charge is 0.389 e. The van der Waals surface area contributed by atoms with Crippen molar-refractivity contribution in [2.45, 2.75) is 76.7 Å². The molecule has 2 fully saturated rings. The van der Waals surface area contributed by atoms with E-state index in [4.69, 9.17) is 0 Å². The average Bonchev–Trinajstić information content (AvgIpc) is 2.93. The second kappa shape index (κ2) is 5.48. The van der Waals surface area contributed by atoms with Gasteiger partial charge in [-0.3, -0.25) is 4.98 Å². The first kappa shape index (κ1) is 14.1. The molecule has 0 unspecified atom stereocenters. The Balaban J connectivity index is 1.62. The third-order valence-electron chi connectivity index (χ3n) is 5.71. The number of aryl methyl sites for hydroxylation is 1. The fourth-order valence-corrected chi connectivity index (χ4v) is 4.15. The zero-order chi connectivity index (χ0) is 14.1. The molecule has 20 heavy (non-hydrogen) atoms. The van der Waals surface area contributed by atoms with Gasteiger partial charge in [-0.25, -0.2) is 0 Å². The molecular weight excluding hydrogens is 246 g/mol. The van der Waals surface area contributed by atoms with Gasteiger partial charge in [0.15, 0.2) is 0 Å². The SMILES string of the molecule is CCc1ccc(CC2(O)CCC3(CCCC3)CC2)nc1. The molecule has 1 heterocycles. The van der Waals surface area contributed by atoms with Crippen molar-refractivity contribution >= 4 is 0 Å². The van der Waals surface area contributed by atoms with E-state index >= 15 is 0 Å². The van der Waals surface area contributed by atoms with Crippen molar-refractivity contribution in [2.24, 2.45) is 5.41 Å². The van der Waals surface area contributed by atoms with E-state index in [0.717, 1.165) is 31.4 Å². The van der Waals surface area contributed by atoms with Gasteiger partial charge in [-0.2, -0.15) is 0 Å². The van der Waals surface area contributed by atoms with Gasteiger partial charge in [-0.05, 0) is 62.0 Å². The molecule has 1 aromatic heterocycles. The van der Waals surface area contributed by atoms with Gasteiger partial charge >= 0.3 is 0 Å². The minimum Gasteiger partial charge on any atom is -0.389 e. The van der Waals surface area contributed by atoms with Crippen molar-refractivity contribution in [3.8, 4) is 0 Å². The molecule has 1 spiro atoms. The molecule has 1 N–H and O–H groups in total. The van der Waals surface area contributed by atoms with Gasteiger partial charge in [0.05, 0.1) is 5.60 Å². The number of aliphatic hydroxyl groups is 1. The first-order valence-electron chi connectivity index (χ1n) is 8.29. The van der Waals surface area contributed by atoms with Crippen molar-refractivity contribution < 1.29 is 5.11 Å². The Morgan fingerprint density at radius 1 is 1.05 bits per heavy atom. The molecule has 0 radical (unpaired) electrons.